The van der Waals surface area contributed by atoms with Gasteiger partial charge in [0, 0.05) is 6.07 Å². The molecule has 2 aromatic rings. The van der Waals surface area contributed by atoms with Crippen LogP contribution in [0.3, 0.4) is 0 Å². The van der Waals surface area contributed by atoms with Gasteiger partial charge in [0.25, 0.3) is 0 Å². The number of aromatic nitrogens is 2. The summed E-state index contributed by atoms with van der Waals surface area (Å²) in [4.78, 5) is 7.06. The Morgan fingerprint density at radius 1 is 1.24 bits per heavy atom. The second-order valence-electron chi connectivity index (χ2n) is 3.83. The molecule has 10 heteroatoms. The summed E-state index contributed by atoms with van der Waals surface area (Å²) in [5, 5.41) is 3.13. The highest BCUT2D eigenvalue weighted by Gasteiger charge is 2.33. The van der Waals surface area contributed by atoms with Gasteiger partial charge in [-0.2, -0.15) is 18.2 Å². The maximum Gasteiger partial charge on any atom is 0.433 e. The number of nitrogens with one attached hydrogen (secondary N) is 2. The summed E-state index contributed by atoms with van der Waals surface area (Å²) in [6, 6.07) is 5.67. The Morgan fingerprint density at radius 3 is 2.57 bits per heavy atom. The summed E-state index contributed by atoms with van der Waals surface area (Å²) >= 11 is 9.14. The van der Waals surface area contributed by atoms with Crippen LogP contribution in [-0.2, 0) is 6.18 Å². The van der Waals surface area contributed by atoms with Gasteiger partial charge in [-0.05, 0) is 28.1 Å². The summed E-state index contributed by atoms with van der Waals surface area (Å²) in [5.41, 5.74) is 1.33. The first-order valence-electron chi connectivity index (χ1n) is 5.45. The minimum absolute atomic E-state index is 0.0757. The SMILES string of the molecule is NNc1nc(Nc2cccc(Cl)c2Br)cc(C(F)(F)F)n1. The van der Waals surface area contributed by atoms with E-state index in [2.05, 4.69) is 31.2 Å². The maximum absolute atomic E-state index is 12.7. The summed E-state index contributed by atoms with van der Waals surface area (Å²) in [7, 11) is 0. The Bertz CT molecular complexity index is 665. The summed E-state index contributed by atoms with van der Waals surface area (Å²) < 4.78 is 38.7. The number of nitrogens with zero attached hydrogens (tertiary/aromatic N) is 2. The number of nitrogens with two attached hydrogens (primary N) is 1. The standard InChI is InChI=1S/C11H8BrClF3N5/c12-9-5(13)2-1-3-6(9)18-8-4-7(11(14,15)16)19-10(20-8)21-17/h1-4H,17H2,(H2,18,19,20,21). The van der Waals surface area contributed by atoms with Crippen LogP contribution in [0.1, 0.15) is 5.69 Å². The molecule has 0 radical (unpaired) electrons. The van der Waals surface area contributed by atoms with Gasteiger partial charge in [0.05, 0.1) is 15.2 Å². The molecular formula is C11H8BrClF3N5. The molecule has 0 unspecified atom stereocenters. The van der Waals surface area contributed by atoms with Crippen molar-refractivity contribution in [3.8, 4) is 0 Å². The minimum atomic E-state index is -4.61. The maximum atomic E-state index is 12.7. The van der Waals surface area contributed by atoms with E-state index in [-0.39, 0.29) is 11.8 Å². The predicted octanol–water partition coefficient (Wildman–Crippen LogP) is 3.94. The van der Waals surface area contributed by atoms with Crippen molar-refractivity contribution < 1.29 is 13.2 Å². The van der Waals surface area contributed by atoms with Gasteiger partial charge in [0.2, 0.25) is 5.95 Å². The normalized spacial score (nSPS) is 11.3. The van der Waals surface area contributed by atoms with E-state index < -0.39 is 11.9 Å². The molecule has 0 spiro atoms. The molecule has 4 N–H and O–H groups in total. The van der Waals surface area contributed by atoms with Crippen LogP contribution in [0.5, 0.6) is 0 Å². The van der Waals surface area contributed by atoms with Gasteiger partial charge in [0.15, 0.2) is 5.69 Å². The van der Waals surface area contributed by atoms with Crippen molar-refractivity contribution >= 4 is 45.0 Å². The average Bonchev–Trinajstić information content (AvgIpc) is 2.42. The summed E-state index contributed by atoms with van der Waals surface area (Å²) in [5.74, 6) is 4.65. The van der Waals surface area contributed by atoms with Crippen LogP contribution in [0.2, 0.25) is 5.02 Å². The molecule has 1 heterocycles. The number of halogens is 5. The third kappa shape index (κ3) is 3.74. The lowest BCUT2D eigenvalue weighted by Gasteiger charge is -2.12. The number of alkyl halides is 3. The molecule has 0 aliphatic heterocycles. The lowest BCUT2D eigenvalue weighted by Crippen LogP contribution is -2.16. The highest BCUT2D eigenvalue weighted by molar-refractivity contribution is 9.10. The van der Waals surface area contributed by atoms with E-state index in [9.17, 15) is 13.2 Å². The molecular weight excluding hydrogens is 375 g/mol. The predicted molar refractivity (Wildman–Crippen MR) is 77.3 cm³/mol. The van der Waals surface area contributed by atoms with Gasteiger partial charge in [-0.25, -0.2) is 10.8 Å². The van der Waals surface area contributed by atoms with Gasteiger partial charge < -0.3 is 5.32 Å². The van der Waals surface area contributed by atoms with Gasteiger partial charge in [-0.1, -0.05) is 17.7 Å². The molecule has 0 aliphatic carbocycles. The third-order valence-electron chi connectivity index (χ3n) is 2.36. The zero-order valence-corrected chi connectivity index (χ0v) is 12.5. The highest BCUT2D eigenvalue weighted by atomic mass is 79.9. The van der Waals surface area contributed by atoms with Crippen LogP contribution < -0.4 is 16.6 Å². The quantitative estimate of drug-likeness (QED) is 0.554. The molecule has 0 saturated carbocycles. The number of rotatable bonds is 3. The molecule has 21 heavy (non-hydrogen) atoms. The zero-order chi connectivity index (χ0) is 15.6. The van der Waals surface area contributed by atoms with Crippen LogP contribution >= 0.6 is 27.5 Å². The number of hydrogen-bond donors (Lipinski definition) is 3. The first kappa shape index (κ1) is 15.8. The molecule has 0 atom stereocenters. The van der Waals surface area contributed by atoms with Crippen LogP contribution in [0.25, 0.3) is 0 Å². The van der Waals surface area contributed by atoms with E-state index in [0.717, 1.165) is 6.07 Å². The van der Waals surface area contributed by atoms with Crippen LogP contribution in [0.4, 0.5) is 30.6 Å². The lowest BCUT2D eigenvalue weighted by molar-refractivity contribution is -0.141. The topological polar surface area (TPSA) is 75.9 Å². The van der Waals surface area contributed by atoms with E-state index >= 15 is 0 Å². The van der Waals surface area contributed by atoms with E-state index in [1.807, 2.05) is 5.43 Å². The second kappa shape index (κ2) is 6.04. The Hall–Kier alpha value is -1.58. The van der Waals surface area contributed by atoms with Crippen molar-refractivity contribution in [3.63, 3.8) is 0 Å². The smallest absolute Gasteiger partial charge is 0.339 e. The van der Waals surface area contributed by atoms with Crippen LogP contribution in [0, 0.1) is 0 Å². The summed E-state index contributed by atoms with van der Waals surface area (Å²) in [6.07, 6.45) is -4.61. The molecule has 0 amide bonds. The van der Waals surface area contributed by atoms with Gasteiger partial charge in [-0.3, -0.25) is 5.43 Å². The monoisotopic (exact) mass is 381 g/mol. The Balaban J connectivity index is 2.42. The van der Waals surface area contributed by atoms with E-state index in [0.29, 0.717) is 15.2 Å². The fourth-order valence-electron chi connectivity index (χ4n) is 1.46. The number of anilines is 3. The molecule has 1 aromatic heterocycles. The lowest BCUT2D eigenvalue weighted by atomic mass is 10.3. The van der Waals surface area contributed by atoms with E-state index in [1.165, 1.54) is 0 Å². The molecule has 0 fully saturated rings. The molecule has 2 rings (SSSR count). The number of hydrazine groups is 1. The highest BCUT2D eigenvalue weighted by Crippen LogP contribution is 2.34. The van der Waals surface area contributed by atoms with Crippen LogP contribution in [0.15, 0.2) is 28.7 Å². The molecule has 0 saturated heterocycles. The van der Waals surface area contributed by atoms with Crippen molar-refractivity contribution in [3.05, 3.63) is 39.5 Å². The molecule has 5 nitrogen and oxygen atoms in total. The first-order valence-corrected chi connectivity index (χ1v) is 6.62. The van der Waals surface area contributed by atoms with E-state index in [4.69, 9.17) is 17.4 Å². The number of nitrogen functional groups attached to an aromatic ring is 1. The molecule has 1 aromatic carbocycles. The van der Waals surface area contributed by atoms with Crippen molar-refractivity contribution in [2.75, 3.05) is 10.7 Å². The Labute approximate surface area is 130 Å². The summed E-state index contributed by atoms with van der Waals surface area (Å²) in [6.45, 7) is 0. The Morgan fingerprint density at radius 2 is 1.95 bits per heavy atom. The second-order valence-corrected chi connectivity index (χ2v) is 5.03. The molecule has 0 aliphatic rings. The van der Waals surface area contributed by atoms with Crippen molar-refractivity contribution in [2.45, 2.75) is 6.18 Å². The van der Waals surface area contributed by atoms with Crippen LogP contribution in [-0.4, -0.2) is 9.97 Å². The van der Waals surface area contributed by atoms with Crippen molar-refractivity contribution in [1.29, 1.82) is 0 Å². The van der Waals surface area contributed by atoms with Crippen molar-refractivity contribution in [1.82, 2.24) is 9.97 Å². The number of benzene rings is 1. The average molecular weight is 383 g/mol. The molecule has 0 bridgehead atoms. The minimum Gasteiger partial charge on any atom is -0.339 e. The fourth-order valence-corrected chi connectivity index (χ4v) is 2.00. The first-order chi connectivity index (χ1) is 9.81. The largest absolute Gasteiger partial charge is 0.433 e. The number of hydrogen-bond acceptors (Lipinski definition) is 5. The third-order valence-corrected chi connectivity index (χ3v) is 3.76. The van der Waals surface area contributed by atoms with E-state index in [1.54, 1.807) is 18.2 Å². The van der Waals surface area contributed by atoms with Gasteiger partial charge >= 0.3 is 6.18 Å². The van der Waals surface area contributed by atoms with Crippen molar-refractivity contribution in [2.24, 2.45) is 5.84 Å². The molecule has 112 valence electrons. The fraction of sp³-hybridized carbons (Fsp3) is 0.0909. The Kier molecular flexibility index (Phi) is 4.55. The zero-order valence-electron chi connectivity index (χ0n) is 10.2. The van der Waals surface area contributed by atoms with Gasteiger partial charge in [-0.15, -0.1) is 0 Å². The van der Waals surface area contributed by atoms with Gasteiger partial charge in [0.1, 0.15) is 5.82 Å².